The molecule has 1 aliphatic heterocycles. The molecule has 0 aromatic carbocycles. The lowest BCUT2D eigenvalue weighted by atomic mass is 9.85. The van der Waals surface area contributed by atoms with Crippen LogP contribution in [0, 0.1) is 5.41 Å². The third-order valence-electron chi connectivity index (χ3n) is 8.59. The van der Waals surface area contributed by atoms with Crippen LogP contribution in [0.1, 0.15) is 125 Å². The first-order chi connectivity index (χ1) is 19.0. The minimum absolute atomic E-state index is 0.00869. The predicted molar refractivity (Wildman–Crippen MR) is 155 cm³/mol. The van der Waals surface area contributed by atoms with E-state index in [0.717, 1.165) is 57.9 Å². The Morgan fingerprint density at radius 3 is 2.35 bits per heavy atom. The summed E-state index contributed by atoms with van der Waals surface area (Å²) >= 11 is 0. The van der Waals surface area contributed by atoms with Gasteiger partial charge >= 0.3 is 12.0 Å². The fourth-order valence-corrected chi connectivity index (χ4v) is 6.13. The van der Waals surface area contributed by atoms with Crippen LogP contribution >= 0.6 is 0 Å². The van der Waals surface area contributed by atoms with Crippen LogP contribution in [0.2, 0.25) is 0 Å². The van der Waals surface area contributed by atoms with Gasteiger partial charge in [-0.1, -0.05) is 65.7 Å². The number of esters is 1. The summed E-state index contributed by atoms with van der Waals surface area (Å²) in [6.07, 6.45) is 12.9. The van der Waals surface area contributed by atoms with Crippen LogP contribution in [0.4, 0.5) is 4.79 Å². The van der Waals surface area contributed by atoms with Gasteiger partial charge < -0.3 is 29.7 Å². The van der Waals surface area contributed by atoms with Crippen molar-refractivity contribution in [2.45, 2.75) is 155 Å². The molecule has 40 heavy (non-hydrogen) atoms. The van der Waals surface area contributed by atoms with Crippen LogP contribution < -0.4 is 10.6 Å². The smallest absolute Gasteiger partial charge is 0.317 e. The molecular weight excluding hydrogens is 510 g/mol. The van der Waals surface area contributed by atoms with Gasteiger partial charge in [-0.05, 0) is 52.4 Å². The Morgan fingerprint density at radius 1 is 0.925 bits per heavy atom. The number of ether oxygens (including phenoxy) is 3. The molecule has 0 bridgehead atoms. The summed E-state index contributed by atoms with van der Waals surface area (Å²) in [5.74, 6) is -1.44. The maximum atomic E-state index is 13.5. The zero-order valence-electron chi connectivity index (χ0n) is 25.7. The molecule has 2 aliphatic carbocycles. The lowest BCUT2D eigenvalue weighted by Crippen LogP contribution is -2.56. The van der Waals surface area contributed by atoms with Gasteiger partial charge in [-0.15, -0.1) is 0 Å². The zero-order valence-corrected chi connectivity index (χ0v) is 25.7. The molecule has 1 saturated heterocycles. The monoisotopic (exact) mass is 565 g/mol. The van der Waals surface area contributed by atoms with E-state index in [4.69, 9.17) is 14.2 Å². The summed E-state index contributed by atoms with van der Waals surface area (Å²) in [6, 6.07) is 0.115. The Kier molecular flexibility index (Phi) is 12.6. The van der Waals surface area contributed by atoms with Gasteiger partial charge in [0.05, 0.1) is 19.1 Å². The van der Waals surface area contributed by atoms with E-state index in [1.165, 1.54) is 32.1 Å². The van der Waals surface area contributed by atoms with Gasteiger partial charge in [-0.3, -0.25) is 9.59 Å². The number of nitrogens with one attached hydrogen (secondary N) is 2. The summed E-state index contributed by atoms with van der Waals surface area (Å²) in [5, 5.41) is 6.10. The molecule has 3 unspecified atom stereocenters. The molecule has 3 atom stereocenters. The molecule has 230 valence electrons. The minimum atomic E-state index is -0.834. The first-order valence-corrected chi connectivity index (χ1v) is 15.9. The Labute approximate surface area is 241 Å². The van der Waals surface area contributed by atoms with Crippen LogP contribution in [-0.2, 0) is 23.8 Å². The maximum Gasteiger partial charge on any atom is 0.317 e. The number of hydrogen-bond acceptors (Lipinski definition) is 6. The van der Waals surface area contributed by atoms with Gasteiger partial charge in [-0.25, -0.2) is 4.79 Å². The molecule has 3 aliphatic rings. The predicted octanol–water partition coefficient (Wildman–Crippen LogP) is 5.45. The van der Waals surface area contributed by atoms with Crippen molar-refractivity contribution in [2.24, 2.45) is 5.41 Å². The molecule has 3 fully saturated rings. The SMILES string of the molecule is CCCCCCN(C(=O)NC1CCCCC1OC(=O)CCNC(=O)C1OC(C)(C)OCC1(C)C)C1CCCCC1. The molecular formula is C31H55N3O6. The lowest BCUT2D eigenvalue weighted by Gasteiger charge is -2.44. The second kappa shape index (κ2) is 15.4. The molecule has 0 radical (unpaired) electrons. The van der Waals surface area contributed by atoms with Crippen molar-refractivity contribution < 1.29 is 28.6 Å². The topological polar surface area (TPSA) is 106 Å². The van der Waals surface area contributed by atoms with Gasteiger partial charge in [0.25, 0.3) is 0 Å². The Bertz CT molecular complexity index is 826. The largest absolute Gasteiger partial charge is 0.460 e. The standard InChI is InChI=1S/C31H55N3O6/c1-6-7-8-14-21-34(23-15-10-9-11-16-23)29(37)33-24-17-12-13-18-25(24)39-26(35)19-20-32-28(36)27-30(2,3)22-38-31(4,5)40-27/h23-25,27H,6-22H2,1-5H3,(H,32,36)(H,33,37). The van der Waals surface area contributed by atoms with E-state index in [2.05, 4.69) is 22.5 Å². The van der Waals surface area contributed by atoms with Crippen molar-refractivity contribution in [3.05, 3.63) is 0 Å². The summed E-state index contributed by atoms with van der Waals surface area (Å²) in [7, 11) is 0. The molecule has 0 aromatic rings. The van der Waals surface area contributed by atoms with Crippen molar-refractivity contribution >= 4 is 17.9 Å². The van der Waals surface area contributed by atoms with Gasteiger partial charge in [-0.2, -0.15) is 0 Å². The van der Waals surface area contributed by atoms with Gasteiger partial charge in [0.2, 0.25) is 5.91 Å². The van der Waals surface area contributed by atoms with Crippen molar-refractivity contribution in [3.8, 4) is 0 Å². The number of rotatable bonds is 12. The number of unbranched alkanes of at least 4 members (excludes halogenated alkanes) is 3. The number of hydrogen-bond donors (Lipinski definition) is 2. The van der Waals surface area contributed by atoms with E-state index in [1.807, 2.05) is 13.8 Å². The van der Waals surface area contributed by atoms with Crippen LogP contribution in [0.25, 0.3) is 0 Å². The van der Waals surface area contributed by atoms with E-state index in [-0.39, 0.29) is 43.0 Å². The van der Waals surface area contributed by atoms with Crippen molar-refractivity contribution in [1.82, 2.24) is 15.5 Å². The molecule has 3 rings (SSSR count). The molecule has 2 N–H and O–H groups in total. The van der Waals surface area contributed by atoms with Crippen LogP contribution in [0.3, 0.4) is 0 Å². The highest BCUT2D eigenvalue weighted by atomic mass is 16.7. The first kappa shape index (κ1) is 32.6. The third kappa shape index (κ3) is 9.89. The number of carbonyl (C=O) groups is 3. The molecule has 9 heteroatoms. The van der Waals surface area contributed by atoms with Crippen LogP contribution in [0.5, 0.6) is 0 Å². The average Bonchev–Trinajstić information content (AvgIpc) is 2.91. The molecule has 2 saturated carbocycles. The fraction of sp³-hybridized carbons (Fsp3) is 0.903. The number of nitrogens with zero attached hydrogens (tertiary/aromatic N) is 1. The van der Waals surface area contributed by atoms with E-state index < -0.39 is 17.3 Å². The number of amides is 3. The molecule has 3 amide bonds. The quantitative estimate of drug-likeness (QED) is 0.241. The van der Waals surface area contributed by atoms with Crippen LogP contribution in [-0.4, -0.2) is 72.6 Å². The Morgan fingerprint density at radius 2 is 1.62 bits per heavy atom. The second-order valence-electron chi connectivity index (χ2n) is 13.1. The highest BCUT2D eigenvalue weighted by Gasteiger charge is 2.45. The minimum Gasteiger partial charge on any atom is -0.460 e. The summed E-state index contributed by atoms with van der Waals surface area (Å²) in [4.78, 5) is 41.2. The third-order valence-corrected chi connectivity index (χ3v) is 8.59. The van der Waals surface area contributed by atoms with Crippen molar-refractivity contribution in [2.75, 3.05) is 19.7 Å². The first-order valence-electron chi connectivity index (χ1n) is 15.9. The average molecular weight is 566 g/mol. The highest BCUT2D eigenvalue weighted by molar-refractivity contribution is 5.82. The molecule has 0 aromatic heterocycles. The maximum absolute atomic E-state index is 13.5. The molecule has 1 heterocycles. The lowest BCUT2D eigenvalue weighted by molar-refractivity contribution is -0.304. The van der Waals surface area contributed by atoms with Crippen LogP contribution in [0.15, 0.2) is 0 Å². The summed E-state index contributed by atoms with van der Waals surface area (Å²) in [6.45, 7) is 11.0. The van der Waals surface area contributed by atoms with E-state index >= 15 is 0 Å². The van der Waals surface area contributed by atoms with Gasteiger partial charge in [0, 0.05) is 24.5 Å². The van der Waals surface area contributed by atoms with Gasteiger partial charge in [0.15, 0.2) is 5.79 Å². The van der Waals surface area contributed by atoms with E-state index in [0.29, 0.717) is 12.6 Å². The molecule has 0 spiro atoms. The highest BCUT2D eigenvalue weighted by Crippen LogP contribution is 2.35. The summed E-state index contributed by atoms with van der Waals surface area (Å²) < 4.78 is 17.5. The second-order valence-corrected chi connectivity index (χ2v) is 13.1. The van der Waals surface area contributed by atoms with E-state index in [9.17, 15) is 14.4 Å². The van der Waals surface area contributed by atoms with E-state index in [1.54, 1.807) is 13.8 Å². The zero-order chi connectivity index (χ0) is 29.2. The normalized spacial score (nSPS) is 26.5. The summed E-state index contributed by atoms with van der Waals surface area (Å²) in [5.41, 5.74) is -0.477. The fourth-order valence-electron chi connectivity index (χ4n) is 6.13. The van der Waals surface area contributed by atoms with Crippen molar-refractivity contribution in [1.29, 1.82) is 0 Å². The van der Waals surface area contributed by atoms with Crippen molar-refractivity contribution in [3.63, 3.8) is 0 Å². The molecule has 9 nitrogen and oxygen atoms in total. The number of urea groups is 1. The Balaban J connectivity index is 1.49. The number of carbonyl (C=O) groups excluding carboxylic acids is 3. The van der Waals surface area contributed by atoms with Gasteiger partial charge in [0.1, 0.15) is 12.2 Å². The Hall–Kier alpha value is -1.87.